The molecule has 1 aromatic carbocycles. The summed E-state index contributed by atoms with van der Waals surface area (Å²) < 4.78 is 57.0. The molecule has 0 aliphatic carbocycles. The van der Waals surface area contributed by atoms with E-state index in [1.54, 1.807) is 19.9 Å². The number of anilines is 1. The number of rotatable bonds is 10. The lowest BCUT2D eigenvalue weighted by molar-refractivity contribution is -0.121. The Morgan fingerprint density at radius 3 is 2.30 bits per heavy atom. The second kappa shape index (κ2) is 9.49. The molecule has 9 nitrogen and oxygen atoms in total. The molecule has 0 saturated heterocycles. The summed E-state index contributed by atoms with van der Waals surface area (Å²) in [5.41, 5.74) is 1.40. The highest BCUT2D eigenvalue weighted by molar-refractivity contribution is 7.92. The third-order valence-electron chi connectivity index (χ3n) is 3.89. The van der Waals surface area contributed by atoms with Gasteiger partial charge in [-0.05, 0) is 31.0 Å². The van der Waals surface area contributed by atoms with Gasteiger partial charge in [0.2, 0.25) is 26.0 Å². The number of nitrogens with zero attached hydrogens (tertiary/aromatic N) is 1. The summed E-state index contributed by atoms with van der Waals surface area (Å²) in [6, 6.07) is 2.94. The van der Waals surface area contributed by atoms with Crippen LogP contribution in [0.1, 0.15) is 17.5 Å². The van der Waals surface area contributed by atoms with Gasteiger partial charge >= 0.3 is 0 Å². The molecule has 0 aliphatic heterocycles. The number of amides is 1. The van der Waals surface area contributed by atoms with Crippen molar-refractivity contribution in [2.24, 2.45) is 0 Å². The van der Waals surface area contributed by atoms with E-state index in [0.717, 1.165) is 10.6 Å². The van der Waals surface area contributed by atoms with Crippen LogP contribution in [0.3, 0.4) is 0 Å². The van der Waals surface area contributed by atoms with Gasteiger partial charge in [0.05, 0.1) is 23.4 Å². The molecule has 0 spiro atoms. The number of benzene rings is 1. The highest BCUT2D eigenvalue weighted by Gasteiger charge is 2.22. The van der Waals surface area contributed by atoms with Crippen LogP contribution in [0.2, 0.25) is 0 Å². The number of carbonyl (C=O) groups is 1. The van der Waals surface area contributed by atoms with E-state index in [-0.39, 0.29) is 29.5 Å². The van der Waals surface area contributed by atoms with Crippen molar-refractivity contribution in [3.8, 4) is 0 Å². The molecular weight excluding hydrogens is 394 g/mol. The van der Waals surface area contributed by atoms with E-state index in [4.69, 9.17) is 4.74 Å². The fourth-order valence-corrected chi connectivity index (χ4v) is 4.22. The predicted octanol–water partition coefficient (Wildman–Crippen LogP) is 0.130. The van der Waals surface area contributed by atoms with Crippen LogP contribution in [0.4, 0.5) is 5.69 Å². The van der Waals surface area contributed by atoms with Gasteiger partial charge in [0.1, 0.15) is 0 Å². The Bertz CT molecular complexity index is 882. The lowest BCUT2D eigenvalue weighted by Crippen LogP contribution is -2.32. The molecule has 0 aromatic heterocycles. The van der Waals surface area contributed by atoms with Crippen molar-refractivity contribution in [2.75, 3.05) is 44.4 Å². The summed E-state index contributed by atoms with van der Waals surface area (Å²) in [5.74, 6) is -0.298. The summed E-state index contributed by atoms with van der Waals surface area (Å²) in [5, 5.41) is 2.60. The Morgan fingerprint density at radius 1 is 1.11 bits per heavy atom. The number of nitrogens with one attached hydrogen (secondary N) is 2. The summed E-state index contributed by atoms with van der Waals surface area (Å²) in [6.07, 6.45) is 1.02. The van der Waals surface area contributed by atoms with Crippen LogP contribution in [0.25, 0.3) is 0 Å². The second-order valence-corrected chi connectivity index (χ2v) is 9.87. The SMILES string of the molecule is COCCNC(=O)CCNS(=O)(=O)c1cc(N(C)S(C)(=O)=O)c(C)cc1C. The maximum absolute atomic E-state index is 12.6. The van der Waals surface area contributed by atoms with Gasteiger partial charge in [0, 0.05) is 33.7 Å². The molecule has 154 valence electrons. The Kier molecular flexibility index (Phi) is 8.21. The van der Waals surface area contributed by atoms with Gasteiger partial charge in [-0.2, -0.15) is 0 Å². The molecule has 1 aromatic rings. The smallest absolute Gasteiger partial charge is 0.240 e. The highest BCUT2D eigenvalue weighted by Crippen LogP contribution is 2.27. The van der Waals surface area contributed by atoms with Crippen molar-refractivity contribution < 1.29 is 26.4 Å². The van der Waals surface area contributed by atoms with Crippen LogP contribution in [0.15, 0.2) is 17.0 Å². The number of ether oxygens (including phenoxy) is 1. The number of aryl methyl sites for hydroxylation is 2. The third kappa shape index (κ3) is 6.76. The van der Waals surface area contributed by atoms with Crippen molar-refractivity contribution >= 4 is 31.6 Å². The lowest BCUT2D eigenvalue weighted by Gasteiger charge is -2.21. The maximum atomic E-state index is 12.6. The van der Waals surface area contributed by atoms with Crippen LogP contribution in [0.5, 0.6) is 0 Å². The monoisotopic (exact) mass is 421 g/mol. The summed E-state index contributed by atoms with van der Waals surface area (Å²) >= 11 is 0. The van der Waals surface area contributed by atoms with Crippen molar-refractivity contribution in [2.45, 2.75) is 25.2 Å². The first-order chi connectivity index (χ1) is 12.4. The van der Waals surface area contributed by atoms with Crippen LogP contribution < -0.4 is 14.3 Å². The van der Waals surface area contributed by atoms with Gasteiger partial charge in [0.25, 0.3) is 0 Å². The number of sulfonamides is 2. The van der Waals surface area contributed by atoms with Crippen molar-refractivity contribution in [1.29, 1.82) is 0 Å². The summed E-state index contributed by atoms with van der Waals surface area (Å²) in [4.78, 5) is 11.6. The van der Waals surface area contributed by atoms with Gasteiger partial charge in [-0.25, -0.2) is 21.6 Å². The predicted molar refractivity (Wildman–Crippen MR) is 104 cm³/mol. The minimum atomic E-state index is -3.91. The molecule has 0 fully saturated rings. The minimum absolute atomic E-state index is 0.0239. The zero-order valence-electron chi connectivity index (χ0n) is 16.2. The molecule has 11 heteroatoms. The molecule has 0 saturated carbocycles. The van der Waals surface area contributed by atoms with E-state index < -0.39 is 20.0 Å². The first-order valence-electron chi connectivity index (χ1n) is 8.20. The largest absolute Gasteiger partial charge is 0.383 e. The Hall–Kier alpha value is -1.69. The molecule has 1 amide bonds. The van der Waals surface area contributed by atoms with E-state index in [2.05, 4.69) is 10.0 Å². The van der Waals surface area contributed by atoms with E-state index in [9.17, 15) is 21.6 Å². The van der Waals surface area contributed by atoms with E-state index in [1.165, 1.54) is 20.2 Å². The number of carbonyl (C=O) groups excluding carboxylic acids is 1. The molecule has 0 radical (unpaired) electrons. The molecule has 0 atom stereocenters. The van der Waals surface area contributed by atoms with Gasteiger partial charge in [0.15, 0.2) is 0 Å². The van der Waals surface area contributed by atoms with Gasteiger partial charge in [-0.15, -0.1) is 0 Å². The fourth-order valence-electron chi connectivity index (χ4n) is 2.39. The quantitative estimate of drug-likeness (QED) is 0.518. The number of hydrogen-bond acceptors (Lipinski definition) is 6. The zero-order valence-corrected chi connectivity index (χ0v) is 17.8. The van der Waals surface area contributed by atoms with Gasteiger partial charge < -0.3 is 10.1 Å². The molecular formula is C16H27N3O6S2. The first kappa shape index (κ1) is 23.3. The average Bonchev–Trinajstić information content (AvgIpc) is 2.53. The topological polar surface area (TPSA) is 122 Å². The lowest BCUT2D eigenvalue weighted by atomic mass is 10.1. The van der Waals surface area contributed by atoms with Crippen LogP contribution in [0, 0.1) is 13.8 Å². The molecule has 0 heterocycles. The molecule has 0 unspecified atom stereocenters. The first-order valence-corrected chi connectivity index (χ1v) is 11.5. The van der Waals surface area contributed by atoms with Crippen molar-refractivity contribution in [3.05, 3.63) is 23.3 Å². The highest BCUT2D eigenvalue weighted by atomic mass is 32.2. The van der Waals surface area contributed by atoms with E-state index in [0.29, 0.717) is 24.3 Å². The molecule has 1 rings (SSSR count). The van der Waals surface area contributed by atoms with Crippen molar-refractivity contribution in [1.82, 2.24) is 10.0 Å². The summed E-state index contributed by atoms with van der Waals surface area (Å²) in [7, 11) is -4.57. The van der Waals surface area contributed by atoms with Crippen molar-refractivity contribution in [3.63, 3.8) is 0 Å². The van der Waals surface area contributed by atoms with Gasteiger partial charge in [-0.3, -0.25) is 9.10 Å². The maximum Gasteiger partial charge on any atom is 0.240 e. The fraction of sp³-hybridized carbons (Fsp3) is 0.562. The standard InChI is InChI=1S/C16H27N3O6S2/c1-12-10-13(2)15(11-14(12)19(3)26(5,21)22)27(23,24)18-7-6-16(20)17-8-9-25-4/h10-11,18H,6-9H2,1-5H3,(H,17,20). The zero-order chi connectivity index (χ0) is 20.8. The summed E-state index contributed by atoms with van der Waals surface area (Å²) in [6.45, 7) is 3.98. The van der Waals surface area contributed by atoms with E-state index >= 15 is 0 Å². The van der Waals surface area contributed by atoms with Gasteiger partial charge in [-0.1, -0.05) is 6.07 Å². The normalized spacial score (nSPS) is 12.0. The third-order valence-corrected chi connectivity index (χ3v) is 6.69. The molecule has 2 N–H and O–H groups in total. The number of methoxy groups -OCH3 is 1. The molecule has 0 bridgehead atoms. The van der Waals surface area contributed by atoms with Crippen LogP contribution in [-0.2, 0) is 29.6 Å². The van der Waals surface area contributed by atoms with Crippen LogP contribution >= 0.6 is 0 Å². The Morgan fingerprint density at radius 2 is 1.74 bits per heavy atom. The second-order valence-electron chi connectivity index (χ2n) is 6.13. The Balaban J connectivity index is 2.95. The average molecular weight is 422 g/mol. The Labute approximate surface area is 161 Å². The van der Waals surface area contributed by atoms with Crippen LogP contribution in [-0.4, -0.2) is 62.9 Å². The van der Waals surface area contributed by atoms with E-state index in [1.807, 2.05) is 0 Å². The number of hydrogen-bond donors (Lipinski definition) is 2. The minimum Gasteiger partial charge on any atom is -0.383 e. The molecule has 0 aliphatic rings. The molecule has 27 heavy (non-hydrogen) atoms.